The highest BCUT2D eigenvalue weighted by molar-refractivity contribution is 6.51. The van der Waals surface area contributed by atoms with E-state index >= 15 is 0 Å². The van der Waals surface area contributed by atoms with Crippen LogP contribution < -0.4 is 0 Å². The standard InChI is InChI=1S/C6H6BO2.C2H6/c8-7(9)6-4-2-1-3-5-6;1-2/h1-4,8-9H;1-2H3/q+1;. The molecule has 0 amide bonds. The maximum atomic E-state index is 8.55. The van der Waals surface area contributed by atoms with Gasteiger partial charge in [0.25, 0.3) is 0 Å². The van der Waals surface area contributed by atoms with Crippen molar-refractivity contribution in [2.75, 3.05) is 0 Å². The molecule has 1 rings (SSSR count). The molecule has 1 aliphatic carbocycles. The Kier molecular flexibility index (Phi) is 5.39. The second-order valence-electron chi connectivity index (χ2n) is 1.69. The highest BCUT2D eigenvalue weighted by Crippen LogP contribution is 2.02. The van der Waals surface area contributed by atoms with Crippen molar-refractivity contribution in [1.82, 2.24) is 0 Å². The quantitative estimate of drug-likeness (QED) is 0.431. The van der Waals surface area contributed by atoms with E-state index in [9.17, 15) is 0 Å². The third-order valence-electron chi connectivity index (χ3n) is 1.01. The van der Waals surface area contributed by atoms with Crippen molar-refractivity contribution >= 4 is 7.12 Å². The van der Waals surface area contributed by atoms with Gasteiger partial charge in [0.2, 0.25) is 0 Å². The monoisotopic (exact) mass is 151 g/mol. The zero-order valence-corrected chi connectivity index (χ0v) is 6.78. The maximum absolute atomic E-state index is 8.55. The molecular formula is C8H12BO2+. The van der Waals surface area contributed by atoms with Crippen LogP contribution in [0.1, 0.15) is 13.8 Å². The number of allylic oxidation sites excluding steroid dienone is 6. The zero-order chi connectivity index (χ0) is 8.69. The average Bonchev–Trinajstić information content (AvgIpc) is 2.10. The molecule has 58 valence electrons. The van der Waals surface area contributed by atoms with Crippen LogP contribution in [0.25, 0.3) is 0 Å². The Morgan fingerprint density at radius 2 is 1.91 bits per heavy atom. The highest BCUT2D eigenvalue weighted by atomic mass is 16.4. The average molecular weight is 151 g/mol. The van der Waals surface area contributed by atoms with Crippen LogP contribution in [0, 0.1) is 6.08 Å². The van der Waals surface area contributed by atoms with Crippen molar-refractivity contribution in [3.63, 3.8) is 0 Å². The minimum Gasteiger partial charge on any atom is -0.421 e. The number of hydrogen-bond acceptors (Lipinski definition) is 2. The van der Waals surface area contributed by atoms with Gasteiger partial charge >= 0.3 is 7.12 Å². The van der Waals surface area contributed by atoms with E-state index in [4.69, 9.17) is 10.0 Å². The molecule has 0 aromatic heterocycles. The topological polar surface area (TPSA) is 40.5 Å². The fraction of sp³-hybridized carbons (Fsp3) is 0.250. The predicted molar refractivity (Wildman–Crippen MR) is 46.6 cm³/mol. The summed E-state index contributed by atoms with van der Waals surface area (Å²) in [4.78, 5) is 0. The summed E-state index contributed by atoms with van der Waals surface area (Å²) in [5.74, 6) is 0. The van der Waals surface area contributed by atoms with Crippen LogP contribution in [0.3, 0.4) is 0 Å². The summed E-state index contributed by atoms with van der Waals surface area (Å²) in [7, 11) is -1.40. The fourth-order valence-electron chi connectivity index (χ4n) is 0.568. The van der Waals surface area contributed by atoms with Gasteiger partial charge in [0.1, 0.15) is 11.5 Å². The summed E-state index contributed by atoms with van der Waals surface area (Å²) in [5, 5.41) is 17.1. The third-order valence-corrected chi connectivity index (χ3v) is 1.01. The molecule has 0 saturated heterocycles. The Balaban J connectivity index is 0.000000461. The van der Waals surface area contributed by atoms with Gasteiger partial charge in [0, 0.05) is 24.3 Å². The largest absolute Gasteiger partial charge is 0.526 e. The Morgan fingerprint density at radius 3 is 2.18 bits per heavy atom. The van der Waals surface area contributed by atoms with Crippen LogP contribution in [-0.4, -0.2) is 17.2 Å². The molecule has 0 heterocycles. The second kappa shape index (κ2) is 5.87. The Bertz CT molecular complexity index is 181. The molecule has 0 unspecified atom stereocenters. The molecule has 0 fully saturated rings. The van der Waals surface area contributed by atoms with Gasteiger partial charge in [-0.25, -0.2) is 0 Å². The number of rotatable bonds is 1. The molecule has 0 atom stereocenters. The Labute approximate surface area is 67.7 Å². The van der Waals surface area contributed by atoms with Gasteiger partial charge in [-0.2, -0.15) is 0 Å². The smallest absolute Gasteiger partial charge is 0.421 e. The van der Waals surface area contributed by atoms with Gasteiger partial charge in [-0.05, 0) is 0 Å². The van der Waals surface area contributed by atoms with Crippen molar-refractivity contribution in [2.45, 2.75) is 13.8 Å². The lowest BCUT2D eigenvalue weighted by atomic mass is 9.78. The van der Waals surface area contributed by atoms with E-state index in [1.165, 1.54) is 0 Å². The first-order valence-electron chi connectivity index (χ1n) is 3.63. The molecule has 3 heteroatoms. The molecule has 1 aliphatic rings. The third kappa shape index (κ3) is 3.73. The summed E-state index contributed by atoms with van der Waals surface area (Å²) in [6.45, 7) is 4.00. The van der Waals surface area contributed by atoms with Crippen LogP contribution in [0.2, 0.25) is 0 Å². The Hall–Kier alpha value is -0.885. The summed E-state index contributed by atoms with van der Waals surface area (Å²) < 4.78 is 0. The molecule has 0 radical (unpaired) electrons. The molecular weight excluding hydrogens is 139 g/mol. The first-order valence-corrected chi connectivity index (χ1v) is 3.63. The van der Waals surface area contributed by atoms with Crippen LogP contribution in [0.5, 0.6) is 0 Å². The van der Waals surface area contributed by atoms with Crippen molar-refractivity contribution in [3.8, 4) is 0 Å². The molecule has 2 nitrogen and oxygen atoms in total. The minimum absolute atomic E-state index is 0.400. The van der Waals surface area contributed by atoms with Crippen molar-refractivity contribution in [3.05, 3.63) is 35.9 Å². The van der Waals surface area contributed by atoms with Crippen LogP contribution in [0.4, 0.5) is 0 Å². The highest BCUT2D eigenvalue weighted by Gasteiger charge is 2.18. The van der Waals surface area contributed by atoms with Gasteiger partial charge in [0.05, 0.1) is 0 Å². The minimum atomic E-state index is -1.40. The normalized spacial score (nSPS) is 12.5. The van der Waals surface area contributed by atoms with Gasteiger partial charge in [-0.1, -0.05) is 13.8 Å². The molecule has 0 aromatic carbocycles. The van der Waals surface area contributed by atoms with Crippen molar-refractivity contribution in [2.24, 2.45) is 0 Å². The summed E-state index contributed by atoms with van der Waals surface area (Å²) in [6.07, 6.45) is 9.40. The lowest BCUT2D eigenvalue weighted by Gasteiger charge is -1.89. The molecule has 0 spiro atoms. The predicted octanol–water partition coefficient (Wildman–Crippen LogP) is 0.880. The number of hydrogen-bond donors (Lipinski definition) is 2. The van der Waals surface area contributed by atoms with E-state index in [0.717, 1.165) is 0 Å². The van der Waals surface area contributed by atoms with Crippen LogP contribution in [-0.2, 0) is 0 Å². The Morgan fingerprint density at radius 1 is 1.27 bits per heavy atom. The summed E-state index contributed by atoms with van der Waals surface area (Å²) >= 11 is 0. The second-order valence-corrected chi connectivity index (χ2v) is 1.69. The molecule has 2 N–H and O–H groups in total. The lowest BCUT2D eigenvalue weighted by molar-refractivity contribution is 0.420. The fourth-order valence-corrected chi connectivity index (χ4v) is 0.568. The van der Waals surface area contributed by atoms with E-state index in [-0.39, 0.29) is 0 Å². The van der Waals surface area contributed by atoms with Crippen LogP contribution >= 0.6 is 0 Å². The van der Waals surface area contributed by atoms with Gasteiger partial charge in [-0.3, -0.25) is 0 Å². The van der Waals surface area contributed by atoms with Crippen LogP contribution in [0.15, 0.2) is 29.8 Å². The van der Waals surface area contributed by atoms with E-state index in [2.05, 4.69) is 6.08 Å². The first kappa shape index (κ1) is 10.1. The van der Waals surface area contributed by atoms with E-state index in [1.807, 2.05) is 13.8 Å². The first-order chi connectivity index (χ1) is 5.30. The SMILES string of the molecule is CC.OB(O)C1=CC=CC=[C+]1. The van der Waals surface area contributed by atoms with E-state index in [0.29, 0.717) is 5.47 Å². The molecule has 0 bridgehead atoms. The molecule has 0 saturated carbocycles. The van der Waals surface area contributed by atoms with E-state index < -0.39 is 7.12 Å². The van der Waals surface area contributed by atoms with Crippen molar-refractivity contribution < 1.29 is 10.0 Å². The maximum Gasteiger partial charge on any atom is 0.526 e. The zero-order valence-electron chi connectivity index (χ0n) is 6.78. The van der Waals surface area contributed by atoms with E-state index in [1.54, 1.807) is 24.3 Å². The lowest BCUT2D eigenvalue weighted by Crippen LogP contribution is -2.14. The molecule has 11 heavy (non-hydrogen) atoms. The van der Waals surface area contributed by atoms with Gasteiger partial charge in [0.15, 0.2) is 0 Å². The van der Waals surface area contributed by atoms with Gasteiger partial charge < -0.3 is 10.0 Å². The molecule has 0 aliphatic heterocycles. The summed E-state index contributed by atoms with van der Waals surface area (Å²) in [5.41, 5.74) is 0.400. The van der Waals surface area contributed by atoms with Crippen molar-refractivity contribution in [1.29, 1.82) is 0 Å². The summed E-state index contributed by atoms with van der Waals surface area (Å²) in [6, 6.07) is 0. The molecule has 0 aromatic rings. The van der Waals surface area contributed by atoms with Gasteiger partial charge in [-0.15, -0.1) is 0 Å².